The van der Waals surface area contributed by atoms with Crippen molar-refractivity contribution in [1.82, 2.24) is 10.2 Å². The fourth-order valence-electron chi connectivity index (χ4n) is 2.00. The average Bonchev–Trinajstić information content (AvgIpc) is 2.68. The van der Waals surface area contributed by atoms with Gasteiger partial charge >= 0.3 is 0 Å². The number of nitrogens with two attached hydrogens (primary N) is 1. The van der Waals surface area contributed by atoms with Gasteiger partial charge in [-0.15, -0.1) is 11.8 Å². The lowest BCUT2D eigenvalue weighted by Gasteiger charge is -2.14. The molecule has 0 bridgehead atoms. The second-order valence-electron chi connectivity index (χ2n) is 5.64. The lowest BCUT2D eigenvalue weighted by molar-refractivity contribution is -0.138. The van der Waals surface area contributed by atoms with Gasteiger partial charge in [-0.1, -0.05) is 13.8 Å². The van der Waals surface area contributed by atoms with Gasteiger partial charge in [-0.05, 0) is 12.3 Å². The van der Waals surface area contributed by atoms with E-state index in [0.717, 1.165) is 23.1 Å². The van der Waals surface area contributed by atoms with E-state index in [2.05, 4.69) is 19.2 Å². The third kappa shape index (κ3) is 6.05. The van der Waals surface area contributed by atoms with Crippen molar-refractivity contribution < 1.29 is 19.2 Å². The first-order valence-electron chi connectivity index (χ1n) is 7.32. The Kier molecular flexibility index (Phi) is 7.37. The molecule has 1 aliphatic heterocycles. The van der Waals surface area contributed by atoms with Crippen LogP contribution in [0.25, 0.3) is 0 Å². The number of primary amides is 1. The molecule has 8 heteroatoms. The van der Waals surface area contributed by atoms with E-state index in [-0.39, 0.29) is 42.9 Å². The Morgan fingerprint density at radius 2 is 2.09 bits per heavy atom. The molecule has 1 heterocycles. The lowest BCUT2D eigenvalue weighted by atomic mass is 10.1. The summed E-state index contributed by atoms with van der Waals surface area (Å²) in [6.07, 6.45) is 1.05. The van der Waals surface area contributed by atoms with Crippen LogP contribution in [0, 0.1) is 5.92 Å². The number of hydrogen-bond acceptors (Lipinski definition) is 5. The zero-order chi connectivity index (χ0) is 16.7. The van der Waals surface area contributed by atoms with Gasteiger partial charge in [0.15, 0.2) is 0 Å². The van der Waals surface area contributed by atoms with Gasteiger partial charge in [0.2, 0.25) is 23.6 Å². The Morgan fingerprint density at radius 1 is 1.41 bits per heavy atom. The molecule has 7 nitrogen and oxygen atoms in total. The molecule has 3 N–H and O–H groups in total. The highest BCUT2D eigenvalue weighted by Crippen LogP contribution is 2.24. The van der Waals surface area contributed by atoms with Crippen molar-refractivity contribution in [3.05, 3.63) is 0 Å². The minimum Gasteiger partial charge on any atom is -0.369 e. The molecule has 4 amide bonds. The van der Waals surface area contributed by atoms with Crippen LogP contribution in [-0.2, 0) is 19.2 Å². The Hall–Kier alpha value is -1.57. The van der Waals surface area contributed by atoms with Crippen molar-refractivity contribution in [3.8, 4) is 0 Å². The van der Waals surface area contributed by atoms with Crippen LogP contribution in [0.1, 0.15) is 33.1 Å². The second-order valence-corrected chi connectivity index (χ2v) is 6.83. The minimum atomic E-state index is -0.566. The number of likely N-dealkylation sites (tertiary alicyclic amines) is 1. The Bertz CT molecular complexity index is 453. The van der Waals surface area contributed by atoms with Gasteiger partial charge in [0.05, 0.1) is 11.0 Å². The maximum absolute atomic E-state index is 12.0. The van der Waals surface area contributed by atoms with Crippen molar-refractivity contribution in [1.29, 1.82) is 0 Å². The molecule has 1 aliphatic rings. The van der Waals surface area contributed by atoms with E-state index < -0.39 is 11.2 Å². The van der Waals surface area contributed by atoms with E-state index in [1.165, 1.54) is 0 Å². The summed E-state index contributed by atoms with van der Waals surface area (Å²) in [5.41, 5.74) is 5.03. The highest BCUT2D eigenvalue weighted by Gasteiger charge is 2.38. The molecule has 0 aromatic heterocycles. The summed E-state index contributed by atoms with van der Waals surface area (Å²) >= 11 is 1.07. The van der Waals surface area contributed by atoms with Crippen molar-refractivity contribution >= 4 is 35.4 Å². The smallest absolute Gasteiger partial charge is 0.242 e. The van der Waals surface area contributed by atoms with E-state index >= 15 is 0 Å². The molecule has 1 rings (SSSR count). The number of carbonyl (C=O) groups excluding carboxylic acids is 4. The lowest BCUT2D eigenvalue weighted by Crippen LogP contribution is -2.36. The van der Waals surface area contributed by atoms with Gasteiger partial charge < -0.3 is 11.1 Å². The first kappa shape index (κ1) is 18.5. The van der Waals surface area contributed by atoms with Gasteiger partial charge in [-0.3, -0.25) is 24.1 Å². The van der Waals surface area contributed by atoms with Crippen molar-refractivity contribution in [3.63, 3.8) is 0 Å². The van der Waals surface area contributed by atoms with Crippen molar-refractivity contribution in [2.24, 2.45) is 11.7 Å². The molecule has 22 heavy (non-hydrogen) atoms. The van der Waals surface area contributed by atoms with Crippen LogP contribution in [0.2, 0.25) is 0 Å². The molecule has 0 spiro atoms. The number of rotatable bonds is 9. The first-order chi connectivity index (χ1) is 10.3. The SMILES string of the molecule is CC(C)CCNC(=O)CCN1C(=O)CC(SCC(N)=O)C1=O. The summed E-state index contributed by atoms with van der Waals surface area (Å²) in [6, 6.07) is 0. The van der Waals surface area contributed by atoms with Gasteiger partial charge in [-0.25, -0.2) is 0 Å². The number of imide groups is 1. The highest BCUT2D eigenvalue weighted by atomic mass is 32.2. The van der Waals surface area contributed by atoms with Crippen LogP contribution in [-0.4, -0.2) is 52.6 Å². The summed E-state index contributed by atoms with van der Waals surface area (Å²) in [4.78, 5) is 47.3. The Morgan fingerprint density at radius 3 is 2.68 bits per heavy atom. The molecular weight excluding hydrogens is 306 g/mol. The van der Waals surface area contributed by atoms with E-state index in [1.807, 2.05) is 0 Å². The van der Waals surface area contributed by atoms with Crippen LogP contribution in [0.5, 0.6) is 0 Å². The third-order valence-electron chi connectivity index (χ3n) is 3.24. The largest absolute Gasteiger partial charge is 0.369 e. The van der Waals surface area contributed by atoms with E-state index in [1.54, 1.807) is 0 Å². The number of amides is 4. The molecule has 0 aromatic carbocycles. The number of nitrogens with zero attached hydrogens (tertiary/aromatic N) is 1. The zero-order valence-corrected chi connectivity index (χ0v) is 13.8. The molecule has 0 aromatic rings. The third-order valence-corrected chi connectivity index (χ3v) is 4.46. The van der Waals surface area contributed by atoms with Crippen molar-refractivity contribution in [2.45, 2.75) is 38.4 Å². The fourth-order valence-corrected chi connectivity index (χ4v) is 2.90. The summed E-state index contributed by atoms with van der Waals surface area (Å²) in [5, 5.41) is 2.20. The standard InChI is InChI=1S/C14H23N3O4S/c1-9(2)3-5-16-12(19)4-6-17-13(20)7-10(14(17)21)22-8-11(15)18/h9-10H,3-8H2,1-2H3,(H2,15,18)(H,16,19). The number of nitrogens with one attached hydrogen (secondary N) is 1. The maximum Gasteiger partial charge on any atom is 0.242 e. The van der Waals surface area contributed by atoms with Gasteiger partial charge in [0.25, 0.3) is 0 Å². The molecule has 1 fully saturated rings. The highest BCUT2D eigenvalue weighted by molar-refractivity contribution is 8.01. The Balaban J connectivity index is 2.36. The molecule has 1 atom stereocenters. The quantitative estimate of drug-likeness (QED) is 0.573. The minimum absolute atomic E-state index is 0.00716. The van der Waals surface area contributed by atoms with Gasteiger partial charge in [0.1, 0.15) is 0 Å². The average molecular weight is 329 g/mol. The van der Waals surface area contributed by atoms with Crippen LogP contribution in [0.3, 0.4) is 0 Å². The number of thioether (sulfide) groups is 1. The molecule has 1 unspecified atom stereocenters. The first-order valence-corrected chi connectivity index (χ1v) is 8.37. The topological polar surface area (TPSA) is 110 Å². The fraction of sp³-hybridized carbons (Fsp3) is 0.714. The summed E-state index contributed by atoms with van der Waals surface area (Å²) in [5.74, 6) is -0.825. The van der Waals surface area contributed by atoms with Crippen LogP contribution in [0.4, 0.5) is 0 Å². The van der Waals surface area contributed by atoms with E-state index in [0.29, 0.717) is 12.5 Å². The molecule has 0 radical (unpaired) electrons. The normalized spacial score (nSPS) is 18.1. The van der Waals surface area contributed by atoms with Crippen molar-refractivity contribution in [2.75, 3.05) is 18.8 Å². The number of carbonyl (C=O) groups is 4. The maximum atomic E-state index is 12.0. The Labute approximate surface area is 134 Å². The molecule has 1 saturated heterocycles. The molecule has 124 valence electrons. The van der Waals surface area contributed by atoms with Gasteiger partial charge in [0, 0.05) is 25.9 Å². The monoisotopic (exact) mass is 329 g/mol. The second kappa shape index (κ2) is 8.77. The summed E-state index contributed by atoms with van der Waals surface area (Å²) < 4.78 is 0. The summed E-state index contributed by atoms with van der Waals surface area (Å²) in [7, 11) is 0. The van der Waals surface area contributed by atoms with E-state index in [9.17, 15) is 19.2 Å². The van der Waals surface area contributed by atoms with Gasteiger partial charge in [-0.2, -0.15) is 0 Å². The zero-order valence-electron chi connectivity index (χ0n) is 13.0. The number of hydrogen-bond donors (Lipinski definition) is 2. The molecular formula is C14H23N3O4S. The predicted molar refractivity (Wildman–Crippen MR) is 83.9 cm³/mol. The molecule has 0 saturated carbocycles. The van der Waals surface area contributed by atoms with E-state index in [4.69, 9.17) is 5.73 Å². The van der Waals surface area contributed by atoms with Crippen LogP contribution >= 0.6 is 11.8 Å². The molecule has 0 aliphatic carbocycles. The summed E-state index contributed by atoms with van der Waals surface area (Å²) in [6.45, 7) is 4.81. The predicted octanol–water partition coefficient (Wildman–Crippen LogP) is -0.115. The van der Waals surface area contributed by atoms with Crippen LogP contribution < -0.4 is 11.1 Å². The van der Waals surface area contributed by atoms with Crippen LogP contribution in [0.15, 0.2) is 0 Å².